The molecule has 3 rings (SSSR count). The van der Waals surface area contributed by atoms with Crippen LogP contribution in [0.25, 0.3) is 0 Å². The first-order chi connectivity index (χ1) is 11.9. The SMILES string of the molecule is COc1c(Cl)cc(Cl)cc1C[C@H]1SC(=O)N(c2cccc(Cl)c2)C1=O. The molecule has 0 spiro atoms. The van der Waals surface area contributed by atoms with E-state index < -0.39 is 5.25 Å². The minimum Gasteiger partial charge on any atom is -0.495 e. The lowest BCUT2D eigenvalue weighted by Gasteiger charge is -2.15. The molecule has 1 saturated heterocycles. The Morgan fingerprint density at radius 1 is 1.12 bits per heavy atom. The van der Waals surface area contributed by atoms with Crippen LogP contribution in [-0.4, -0.2) is 23.5 Å². The summed E-state index contributed by atoms with van der Waals surface area (Å²) in [4.78, 5) is 26.2. The molecule has 2 aromatic rings. The molecule has 1 heterocycles. The van der Waals surface area contributed by atoms with Crippen LogP contribution in [0.2, 0.25) is 15.1 Å². The van der Waals surface area contributed by atoms with Crippen LogP contribution in [0.3, 0.4) is 0 Å². The van der Waals surface area contributed by atoms with E-state index >= 15 is 0 Å². The standard InChI is InChI=1S/C17H12Cl3NO3S/c1-24-15-9(5-11(19)8-13(15)20)6-14-16(22)21(17(23)25-14)12-4-2-3-10(18)7-12/h2-5,7-8,14H,6H2,1H3/t14-/m1/s1. The van der Waals surface area contributed by atoms with E-state index in [1.165, 1.54) is 7.11 Å². The van der Waals surface area contributed by atoms with E-state index in [4.69, 9.17) is 39.5 Å². The van der Waals surface area contributed by atoms with Crippen molar-refractivity contribution in [1.82, 2.24) is 0 Å². The molecule has 1 aliphatic heterocycles. The third kappa shape index (κ3) is 3.75. The van der Waals surface area contributed by atoms with Gasteiger partial charge in [0.05, 0.1) is 23.1 Å². The van der Waals surface area contributed by atoms with Gasteiger partial charge in [0, 0.05) is 10.0 Å². The third-order valence-electron chi connectivity index (χ3n) is 3.68. The van der Waals surface area contributed by atoms with Gasteiger partial charge in [-0.3, -0.25) is 9.59 Å². The number of anilines is 1. The van der Waals surface area contributed by atoms with E-state index in [-0.39, 0.29) is 17.6 Å². The number of carbonyl (C=O) groups excluding carboxylic acids is 2. The van der Waals surface area contributed by atoms with E-state index in [1.807, 2.05) is 0 Å². The largest absolute Gasteiger partial charge is 0.495 e. The number of methoxy groups -OCH3 is 1. The number of ether oxygens (including phenoxy) is 1. The Morgan fingerprint density at radius 3 is 2.56 bits per heavy atom. The van der Waals surface area contributed by atoms with Crippen molar-refractivity contribution in [2.24, 2.45) is 0 Å². The molecule has 0 saturated carbocycles. The lowest BCUT2D eigenvalue weighted by atomic mass is 10.1. The van der Waals surface area contributed by atoms with Crippen LogP contribution in [-0.2, 0) is 11.2 Å². The fourth-order valence-corrected chi connectivity index (χ4v) is 4.44. The fourth-order valence-electron chi connectivity index (χ4n) is 2.63. The molecule has 0 radical (unpaired) electrons. The highest BCUT2D eigenvalue weighted by Crippen LogP contribution is 2.38. The highest BCUT2D eigenvalue weighted by atomic mass is 35.5. The number of imide groups is 1. The lowest BCUT2D eigenvalue weighted by molar-refractivity contribution is -0.117. The number of hydrogen-bond acceptors (Lipinski definition) is 4. The number of hydrogen-bond donors (Lipinski definition) is 0. The summed E-state index contributed by atoms with van der Waals surface area (Å²) < 4.78 is 5.30. The molecule has 0 unspecified atom stereocenters. The second kappa shape index (κ2) is 7.46. The molecule has 1 atom stereocenters. The molecule has 0 aliphatic carbocycles. The highest BCUT2D eigenvalue weighted by Gasteiger charge is 2.41. The van der Waals surface area contributed by atoms with Crippen molar-refractivity contribution in [1.29, 1.82) is 0 Å². The summed E-state index contributed by atoms with van der Waals surface area (Å²) in [6, 6.07) is 9.87. The van der Waals surface area contributed by atoms with Crippen molar-refractivity contribution in [3.05, 3.63) is 57.0 Å². The van der Waals surface area contributed by atoms with Crippen molar-refractivity contribution in [3.8, 4) is 5.75 Å². The number of nitrogens with zero attached hydrogens (tertiary/aromatic N) is 1. The topological polar surface area (TPSA) is 46.6 Å². The Bertz CT molecular complexity index is 859. The average molecular weight is 417 g/mol. The zero-order valence-corrected chi connectivity index (χ0v) is 16.0. The van der Waals surface area contributed by atoms with Gasteiger partial charge in [0.25, 0.3) is 5.24 Å². The molecule has 2 aromatic carbocycles. The predicted molar refractivity (Wildman–Crippen MR) is 102 cm³/mol. The van der Waals surface area contributed by atoms with Gasteiger partial charge in [-0.25, -0.2) is 4.90 Å². The van der Waals surface area contributed by atoms with Crippen molar-refractivity contribution in [2.75, 3.05) is 12.0 Å². The first kappa shape index (κ1) is 18.4. The Labute approximate surface area is 164 Å². The first-order valence-electron chi connectivity index (χ1n) is 7.22. The van der Waals surface area contributed by atoms with Crippen LogP contribution < -0.4 is 9.64 Å². The third-order valence-corrected chi connectivity index (χ3v) is 5.45. The summed E-state index contributed by atoms with van der Waals surface area (Å²) in [7, 11) is 1.49. The normalized spacial score (nSPS) is 17.3. The molecule has 0 aromatic heterocycles. The summed E-state index contributed by atoms with van der Waals surface area (Å²) in [6.07, 6.45) is 0.274. The van der Waals surface area contributed by atoms with E-state index in [9.17, 15) is 9.59 Å². The van der Waals surface area contributed by atoms with Crippen molar-refractivity contribution >= 4 is 63.4 Å². The van der Waals surface area contributed by atoms with E-state index in [1.54, 1.807) is 36.4 Å². The van der Waals surface area contributed by atoms with Crippen LogP contribution in [0, 0.1) is 0 Å². The predicted octanol–water partition coefficient (Wildman–Crippen LogP) is 5.47. The number of amides is 2. The van der Waals surface area contributed by atoms with Crippen molar-refractivity contribution in [2.45, 2.75) is 11.7 Å². The molecule has 1 fully saturated rings. The molecule has 4 nitrogen and oxygen atoms in total. The second-order valence-electron chi connectivity index (χ2n) is 5.31. The molecule has 8 heteroatoms. The van der Waals surface area contributed by atoms with Gasteiger partial charge in [0.15, 0.2) is 0 Å². The van der Waals surface area contributed by atoms with Gasteiger partial charge in [0.2, 0.25) is 5.91 Å². The summed E-state index contributed by atoms with van der Waals surface area (Å²) in [5, 5.41) is 0.321. The van der Waals surface area contributed by atoms with E-state index in [2.05, 4.69) is 0 Å². The molecular weight excluding hydrogens is 405 g/mol. The smallest absolute Gasteiger partial charge is 0.293 e. The number of carbonyl (C=O) groups is 2. The van der Waals surface area contributed by atoms with Crippen molar-refractivity contribution in [3.63, 3.8) is 0 Å². The van der Waals surface area contributed by atoms with Gasteiger partial charge < -0.3 is 4.74 Å². The zero-order chi connectivity index (χ0) is 18.1. The van der Waals surface area contributed by atoms with Crippen LogP contribution in [0.15, 0.2) is 36.4 Å². The Morgan fingerprint density at radius 2 is 1.88 bits per heavy atom. The molecule has 2 amide bonds. The Kier molecular flexibility index (Phi) is 5.49. The fraction of sp³-hybridized carbons (Fsp3) is 0.176. The average Bonchev–Trinajstić information content (AvgIpc) is 2.81. The van der Waals surface area contributed by atoms with E-state index in [0.717, 1.165) is 16.7 Å². The molecule has 1 aliphatic rings. The van der Waals surface area contributed by atoms with Gasteiger partial charge in [-0.1, -0.05) is 52.6 Å². The molecule has 0 N–H and O–H groups in total. The van der Waals surface area contributed by atoms with Crippen molar-refractivity contribution < 1.29 is 14.3 Å². The van der Waals surface area contributed by atoms with Crippen LogP contribution >= 0.6 is 46.6 Å². The Hall–Kier alpha value is -1.40. The van der Waals surface area contributed by atoms with Gasteiger partial charge in [0.1, 0.15) is 5.75 Å². The molecule has 25 heavy (non-hydrogen) atoms. The summed E-state index contributed by atoms with van der Waals surface area (Å²) in [6.45, 7) is 0. The minimum absolute atomic E-state index is 0.274. The quantitative estimate of drug-likeness (QED) is 0.663. The summed E-state index contributed by atoms with van der Waals surface area (Å²) in [5.41, 5.74) is 1.13. The number of benzene rings is 2. The second-order valence-corrected chi connectivity index (χ2v) is 7.74. The zero-order valence-electron chi connectivity index (χ0n) is 13.0. The van der Waals surface area contributed by atoms with Crippen LogP contribution in [0.4, 0.5) is 10.5 Å². The maximum absolute atomic E-state index is 12.7. The summed E-state index contributed by atoms with van der Waals surface area (Å²) in [5.74, 6) is 0.142. The van der Waals surface area contributed by atoms with Gasteiger partial charge in [-0.05, 0) is 42.3 Å². The maximum atomic E-state index is 12.7. The molecule has 130 valence electrons. The van der Waals surface area contributed by atoms with E-state index in [0.29, 0.717) is 32.1 Å². The maximum Gasteiger partial charge on any atom is 0.293 e. The van der Waals surface area contributed by atoms with Gasteiger partial charge in [-0.15, -0.1) is 0 Å². The first-order valence-corrected chi connectivity index (χ1v) is 9.24. The monoisotopic (exact) mass is 415 g/mol. The van der Waals surface area contributed by atoms with Crippen LogP contribution in [0.1, 0.15) is 5.56 Å². The van der Waals surface area contributed by atoms with Crippen LogP contribution in [0.5, 0.6) is 5.75 Å². The van der Waals surface area contributed by atoms with Gasteiger partial charge >= 0.3 is 0 Å². The lowest BCUT2D eigenvalue weighted by Crippen LogP contribution is -2.32. The summed E-state index contributed by atoms with van der Waals surface area (Å²) >= 11 is 19.1. The molecular formula is C17H12Cl3NO3S. The molecule has 0 bridgehead atoms. The number of thioether (sulfide) groups is 1. The minimum atomic E-state index is -0.588. The Balaban J connectivity index is 1.89. The number of rotatable bonds is 4. The number of halogens is 3. The highest BCUT2D eigenvalue weighted by molar-refractivity contribution is 8.15. The van der Waals surface area contributed by atoms with Gasteiger partial charge in [-0.2, -0.15) is 0 Å².